The maximum Gasteiger partial charge on any atom is 0.233 e. The first-order chi connectivity index (χ1) is 12.7. The fraction of sp³-hybridized carbons (Fsp3) is 0.550. The lowest BCUT2D eigenvalue weighted by Gasteiger charge is -2.27. The summed E-state index contributed by atoms with van der Waals surface area (Å²) < 4.78 is 2.21. The Labute approximate surface area is 159 Å². The normalized spacial score (nSPS) is 20.6. The number of rotatable bonds is 4. The topological polar surface area (TPSA) is 59.8 Å². The third kappa shape index (κ3) is 3.65. The molecule has 1 aromatic heterocycles. The largest absolute Gasteiger partial charge is 0.348 e. The second-order valence-electron chi connectivity index (χ2n) is 7.27. The SMILES string of the molecule is CC(Sc1nnc2n1CCCCC2)C(=O)NC1CCCc2ccccc21. The summed E-state index contributed by atoms with van der Waals surface area (Å²) >= 11 is 1.53. The molecule has 5 nitrogen and oxygen atoms in total. The highest BCUT2D eigenvalue weighted by Crippen LogP contribution is 2.31. The third-order valence-corrected chi connectivity index (χ3v) is 6.49. The Balaban J connectivity index is 1.42. The highest BCUT2D eigenvalue weighted by Gasteiger charge is 2.25. The maximum absolute atomic E-state index is 12.8. The summed E-state index contributed by atoms with van der Waals surface area (Å²) in [6.45, 7) is 2.93. The van der Waals surface area contributed by atoms with Crippen molar-refractivity contribution in [3.8, 4) is 0 Å². The number of fused-ring (bicyclic) bond motifs is 2. The minimum atomic E-state index is -0.180. The number of hydrogen-bond donors (Lipinski definition) is 1. The molecule has 26 heavy (non-hydrogen) atoms. The smallest absolute Gasteiger partial charge is 0.233 e. The second-order valence-corrected chi connectivity index (χ2v) is 8.58. The van der Waals surface area contributed by atoms with Crippen LogP contribution in [0.15, 0.2) is 29.4 Å². The Hall–Kier alpha value is -1.82. The van der Waals surface area contributed by atoms with Crippen LogP contribution in [0.1, 0.15) is 62.0 Å². The molecule has 0 bridgehead atoms. The van der Waals surface area contributed by atoms with Crippen LogP contribution in [0.4, 0.5) is 0 Å². The maximum atomic E-state index is 12.8. The van der Waals surface area contributed by atoms with E-state index in [1.54, 1.807) is 0 Å². The van der Waals surface area contributed by atoms with Crippen molar-refractivity contribution in [2.45, 2.75) is 74.9 Å². The first kappa shape index (κ1) is 17.6. The molecule has 2 atom stereocenters. The number of hydrogen-bond acceptors (Lipinski definition) is 4. The van der Waals surface area contributed by atoms with Crippen LogP contribution in [0, 0.1) is 0 Å². The Morgan fingerprint density at radius 3 is 3.00 bits per heavy atom. The van der Waals surface area contributed by atoms with Crippen LogP contribution < -0.4 is 5.32 Å². The van der Waals surface area contributed by atoms with Gasteiger partial charge in [-0.1, -0.05) is 42.4 Å². The first-order valence-electron chi connectivity index (χ1n) is 9.69. The van der Waals surface area contributed by atoms with E-state index < -0.39 is 0 Å². The van der Waals surface area contributed by atoms with Crippen LogP contribution in [0.5, 0.6) is 0 Å². The van der Waals surface area contributed by atoms with Crippen molar-refractivity contribution < 1.29 is 4.79 Å². The summed E-state index contributed by atoms with van der Waals surface area (Å²) in [5.41, 5.74) is 2.65. The number of nitrogens with one attached hydrogen (secondary N) is 1. The summed E-state index contributed by atoms with van der Waals surface area (Å²) in [7, 11) is 0. The van der Waals surface area contributed by atoms with Crippen molar-refractivity contribution in [3.05, 3.63) is 41.2 Å². The van der Waals surface area contributed by atoms with Crippen molar-refractivity contribution in [3.63, 3.8) is 0 Å². The lowest BCUT2D eigenvalue weighted by atomic mass is 9.88. The van der Waals surface area contributed by atoms with E-state index in [2.05, 4.69) is 44.3 Å². The van der Waals surface area contributed by atoms with Gasteiger partial charge in [0.2, 0.25) is 5.91 Å². The first-order valence-corrected chi connectivity index (χ1v) is 10.6. The molecule has 2 aromatic rings. The van der Waals surface area contributed by atoms with Crippen molar-refractivity contribution in [1.82, 2.24) is 20.1 Å². The van der Waals surface area contributed by atoms with Gasteiger partial charge in [0.25, 0.3) is 0 Å². The zero-order chi connectivity index (χ0) is 17.9. The quantitative estimate of drug-likeness (QED) is 0.834. The van der Waals surface area contributed by atoms with Crippen LogP contribution in [0.2, 0.25) is 0 Å². The molecule has 1 aliphatic carbocycles. The van der Waals surface area contributed by atoms with Crippen molar-refractivity contribution >= 4 is 17.7 Å². The average molecular weight is 371 g/mol. The van der Waals surface area contributed by atoms with Crippen molar-refractivity contribution in [2.24, 2.45) is 0 Å². The van der Waals surface area contributed by atoms with Crippen LogP contribution in [-0.2, 0) is 24.2 Å². The molecule has 1 amide bonds. The monoisotopic (exact) mass is 370 g/mol. The molecule has 0 radical (unpaired) electrons. The van der Waals surface area contributed by atoms with Crippen molar-refractivity contribution in [1.29, 1.82) is 0 Å². The van der Waals surface area contributed by atoms with Gasteiger partial charge < -0.3 is 9.88 Å². The lowest BCUT2D eigenvalue weighted by Crippen LogP contribution is -2.36. The van der Waals surface area contributed by atoms with Gasteiger partial charge in [-0.05, 0) is 50.2 Å². The van der Waals surface area contributed by atoms with E-state index in [0.29, 0.717) is 0 Å². The molecule has 6 heteroatoms. The summed E-state index contributed by atoms with van der Waals surface area (Å²) in [5.74, 6) is 1.15. The molecule has 0 fully saturated rings. The molecule has 1 aliphatic heterocycles. The van der Waals surface area contributed by atoms with E-state index in [-0.39, 0.29) is 17.2 Å². The molecule has 0 saturated carbocycles. The fourth-order valence-corrected chi connectivity index (χ4v) is 4.85. The highest BCUT2D eigenvalue weighted by molar-refractivity contribution is 8.00. The Kier molecular flexibility index (Phi) is 5.29. The van der Waals surface area contributed by atoms with Crippen molar-refractivity contribution in [2.75, 3.05) is 0 Å². The molecule has 138 valence electrons. The minimum absolute atomic E-state index is 0.0858. The van der Waals surface area contributed by atoms with Gasteiger partial charge in [-0.25, -0.2) is 0 Å². The summed E-state index contributed by atoms with van der Waals surface area (Å²) in [6.07, 6.45) is 7.83. The van der Waals surface area contributed by atoms with E-state index in [4.69, 9.17) is 0 Å². The second kappa shape index (κ2) is 7.82. The number of amides is 1. The van der Waals surface area contributed by atoms with Gasteiger partial charge in [0.1, 0.15) is 5.82 Å². The number of carbonyl (C=O) groups excluding carboxylic acids is 1. The number of nitrogens with zero attached hydrogens (tertiary/aromatic N) is 3. The number of carbonyl (C=O) groups is 1. The molecule has 2 unspecified atom stereocenters. The molecule has 2 aliphatic rings. The van der Waals surface area contributed by atoms with Gasteiger partial charge in [0, 0.05) is 13.0 Å². The summed E-state index contributed by atoms with van der Waals surface area (Å²) in [5, 5.41) is 12.6. The fourth-order valence-electron chi connectivity index (χ4n) is 3.95. The number of aromatic nitrogens is 3. The van der Waals surface area contributed by atoms with Gasteiger partial charge in [-0.2, -0.15) is 0 Å². The number of aryl methyl sites for hydroxylation is 2. The molecule has 1 aromatic carbocycles. The summed E-state index contributed by atoms with van der Waals surface area (Å²) in [6, 6.07) is 8.60. The molecule has 1 N–H and O–H groups in total. The number of benzene rings is 1. The Morgan fingerprint density at radius 1 is 1.19 bits per heavy atom. The van der Waals surface area contributed by atoms with Crippen LogP contribution in [0.3, 0.4) is 0 Å². The van der Waals surface area contributed by atoms with Crippen LogP contribution in [0.25, 0.3) is 0 Å². The van der Waals surface area contributed by atoms with Gasteiger partial charge in [-0.15, -0.1) is 10.2 Å². The van der Waals surface area contributed by atoms with E-state index in [1.807, 2.05) is 6.92 Å². The van der Waals surface area contributed by atoms with E-state index in [0.717, 1.165) is 49.6 Å². The molecule has 0 spiro atoms. The molecular formula is C20H26N4OS. The predicted molar refractivity (Wildman–Crippen MR) is 103 cm³/mol. The van der Waals surface area contributed by atoms with Gasteiger partial charge in [0.05, 0.1) is 11.3 Å². The van der Waals surface area contributed by atoms with E-state index >= 15 is 0 Å². The third-order valence-electron chi connectivity index (χ3n) is 5.41. The predicted octanol–water partition coefficient (Wildman–Crippen LogP) is 3.68. The zero-order valence-electron chi connectivity index (χ0n) is 15.3. The van der Waals surface area contributed by atoms with E-state index in [1.165, 1.54) is 35.7 Å². The zero-order valence-corrected chi connectivity index (χ0v) is 16.1. The molecular weight excluding hydrogens is 344 g/mol. The number of thioether (sulfide) groups is 1. The van der Waals surface area contributed by atoms with Gasteiger partial charge >= 0.3 is 0 Å². The van der Waals surface area contributed by atoms with Gasteiger partial charge in [-0.3, -0.25) is 4.79 Å². The van der Waals surface area contributed by atoms with Crippen LogP contribution >= 0.6 is 11.8 Å². The highest BCUT2D eigenvalue weighted by atomic mass is 32.2. The minimum Gasteiger partial charge on any atom is -0.348 e. The lowest BCUT2D eigenvalue weighted by molar-refractivity contribution is -0.121. The Bertz CT molecular complexity index is 788. The molecule has 0 saturated heterocycles. The standard InChI is InChI=1S/C20H26N4OS/c1-14(26-20-23-22-18-12-3-2-6-13-24(18)20)19(25)21-17-11-7-9-15-8-4-5-10-16(15)17/h4-5,8,10,14,17H,2-3,6-7,9,11-13H2,1H3,(H,21,25). The Morgan fingerprint density at radius 2 is 2.08 bits per heavy atom. The summed E-state index contributed by atoms with van der Waals surface area (Å²) in [4.78, 5) is 12.8. The van der Waals surface area contributed by atoms with E-state index in [9.17, 15) is 4.79 Å². The average Bonchev–Trinajstić information content (AvgIpc) is 2.88. The van der Waals surface area contributed by atoms with Gasteiger partial charge in [0.15, 0.2) is 5.16 Å². The molecule has 4 rings (SSSR count). The molecule has 2 heterocycles. The van der Waals surface area contributed by atoms with Crippen LogP contribution in [-0.4, -0.2) is 25.9 Å².